The topological polar surface area (TPSA) is 84.9 Å². The molecule has 8 heteroatoms. The predicted molar refractivity (Wildman–Crippen MR) is 109 cm³/mol. The summed E-state index contributed by atoms with van der Waals surface area (Å²) in [7, 11) is -2.04. The fraction of sp³-hybridized carbons (Fsp3) is 0.350. The standard InChI is InChI=1S/C20H26N2O5S/c1-15-8-9-18(12-16(15)2)21-20(23)22(10-11-26-3)14-17-6-5-7-19(13-17)27-28(4,24)25/h5-9,12-13H,10-11,14H2,1-4H3,(H,21,23). The lowest BCUT2D eigenvalue weighted by Crippen LogP contribution is -2.36. The summed E-state index contributed by atoms with van der Waals surface area (Å²) in [6, 6.07) is 12.1. The van der Waals surface area contributed by atoms with Crippen LogP contribution >= 0.6 is 0 Å². The van der Waals surface area contributed by atoms with Gasteiger partial charge in [0, 0.05) is 25.9 Å². The quantitative estimate of drug-likeness (QED) is 0.680. The van der Waals surface area contributed by atoms with Gasteiger partial charge in [0.1, 0.15) is 5.75 Å². The van der Waals surface area contributed by atoms with Gasteiger partial charge in [-0.25, -0.2) is 4.79 Å². The fourth-order valence-electron chi connectivity index (χ4n) is 2.57. The van der Waals surface area contributed by atoms with Crippen LogP contribution in [-0.4, -0.2) is 45.9 Å². The third kappa shape index (κ3) is 6.86. The number of carbonyl (C=O) groups is 1. The summed E-state index contributed by atoms with van der Waals surface area (Å²) < 4.78 is 32.7. The van der Waals surface area contributed by atoms with Crippen molar-refractivity contribution in [2.45, 2.75) is 20.4 Å². The van der Waals surface area contributed by atoms with E-state index in [0.717, 1.165) is 22.9 Å². The molecule has 0 aliphatic heterocycles. The van der Waals surface area contributed by atoms with Crippen molar-refractivity contribution in [3.63, 3.8) is 0 Å². The highest BCUT2D eigenvalue weighted by Crippen LogP contribution is 2.18. The van der Waals surface area contributed by atoms with Gasteiger partial charge in [-0.1, -0.05) is 18.2 Å². The minimum atomic E-state index is -3.61. The van der Waals surface area contributed by atoms with Crippen LogP contribution in [0.1, 0.15) is 16.7 Å². The zero-order valence-corrected chi connectivity index (χ0v) is 17.4. The molecule has 2 aromatic rings. The monoisotopic (exact) mass is 406 g/mol. The van der Waals surface area contributed by atoms with Crippen LogP contribution in [0.25, 0.3) is 0 Å². The highest BCUT2D eigenvalue weighted by Gasteiger charge is 2.15. The number of nitrogens with one attached hydrogen (secondary N) is 1. The van der Waals surface area contributed by atoms with E-state index in [4.69, 9.17) is 8.92 Å². The first-order chi connectivity index (χ1) is 13.2. The summed E-state index contributed by atoms with van der Waals surface area (Å²) in [4.78, 5) is 14.4. The first kappa shape index (κ1) is 21.7. The summed E-state index contributed by atoms with van der Waals surface area (Å²) in [6.45, 7) is 5.03. The summed E-state index contributed by atoms with van der Waals surface area (Å²) in [5.41, 5.74) is 3.70. The Balaban J connectivity index is 2.15. The Labute approximate surface area is 166 Å². The number of aryl methyl sites for hydroxylation is 2. The van der Waals surface area contributed by atoms with E-state index in [1.807, 2.05) is 32.0 Å². The number of hydrogen-bond acceptors (Lipinski definition) is 5. The number of amides is 2. The molecule has 0 heterocycles. The normalized spacial score (nSPS) is 11.1. The zero-order chi connectivity index (χ0) is 20.7. The maximum Gasteiger partial charge on any atom is 0.322 e. The molecule has 0 radical (unpaired) electrons. The molecule has 2 rings (SSSR count). The number of carbonyl (C=O) groups excluding carboxylic acids is 1. The second-order valence-corrected chi connectivity index (χ2v) is 8.15. The van der Waals surface area contributed by atoms with Gasteiger partial charge < -0.3 is 19.1 Å². The van der Waals surface area contributed by atoms with Crippen molar-refractivity contribution in [1.29, 1.82) is 0 Å². The first-order valence-electron chi connectivity index (χ1n) is 8.78. The number of anilines is 1. The Morgan fingerprint density at radius 1 is 1.11 bits per heavy atom. The van der Waals surface area contributed by atoms with E-state index < -0.39 is 10.1 Å². The Hall–Kier alpha value is -2.58. The van der Waals surface area contributed by atoms with Gasteiger partial charge in [0.25, 0.3) is 0 Å². The minimum Gasteiger partial charge on any atom is -0.383 e. The van der Waals surface area contributed by atoms with Gasteiger partial charge in [-0.2, -0.15) is 8.42 Å². The van der Waals surface area contributed by atoms with Gasteiger partial charge in [0.2, 0.25) is 0 Å². The van der Waals surface area contributed by atoms with E-state index in [0.29, 0.717) is 18.8 Å². The molecule has 0 saturated carbocycles. The number of nitrogens with zero attached hydrogens (tertiary/aromatic N) is 1. The largest absolute Gasteiger partial charge is 0.383 e. The lowest BCUT2D eigenvalue weighted by Gasteiger charge is -2.23. The SMILES string of the molecule is COCCN(Cc1cccc(OS(C)(=O)=O)c1)C(=O)Nc1ccc(C)c(C)c1. The Bertz CT molecular complexity index is 928. The third-order valence-corrected chi connectivity index (χ3v) is 4.63. The highest BCUT2D eigenvalue weighted by molar-refractivity contribution is 7.86. The van der Waals surface area contributed by atoms with Crippen molar-refractivity contribution in [3.05, 3.63) is 59.2 Å². The van der Waals surface area contributed by atoms with Gasteiger partial charge >= 0.3 is 16.1 Å². The van der Waals surface area contributed by atoms with E-state index in [1.165, 1.54) is 0 Å². The molecule has 28 heavy (non-hydrogen) atoms. The molecule has 2 amide bonds. The Morgan fingerprint density at radius 3 is 2.50 bits per heavy atom. The second kappa shape index (κ2) is 9.57. The van der Waals surface area contributed by atoms with Gasteiger partial charge in [-0.3, -0.25) is 0 Å². The van der Waals surface area contributed by atoms with E-state index in [2.05, 4.69) is 5.32 Å². The molecule has 0 unspecified atom stereocenters. The van der Waals surface area contributed by atoms with Crippen LogP contribution in [0.5, 0.6) is 5.75 Å². The van der Waals surface area contributed by atoms with Gasteiger partial charge in [0.05, 0.1) is 12.9 Å². The smallest absolute Gasteiger partial charge is 0.322 e. The number of hydrogen-bond donors (Lipinski definition) is 1. The third-order valence-electron chi connectivity index (χ3n) is 4.13. The number of ether oxygens (including phenoxy) is 1. The molecular formula is C20H26N2O5S. The minimum absolute atomic E-state index is 0.209. The Kier molecular flexibility index (Phi) is 7.42. The lowest BCUT2D eigenvalue weighted by atomic mass is 10.1. The number of methoxy groups -OCH3 is 1. The van der Waals surface area contributed by atoms with Gasteiger partial charge in [0.15, 0.2) is 0 Å². The molecule has 2 aromatic carbocycles. The summed E-state index contributed by atoms with van der Waals surface area (Å²) in [5, 5.41) is 2.90. The fourth-order valence-corrected chi connectivity index (χ4v) is 3.02. The number of urea groups is 1. The average molecular weight is 407 g/mol. The van der Waals surface area contributed by atoms with Crippen LogP contribution in [0.15, 0.2) is 42.5 Å². The molecule has 0 aromatic heterocycles. The van der Waals surface area contributed by atoms with Crippen LogP contribution in [0.2, 0.25) is 0 Å². The van der Waals surface area contributed by atoms with Gasteiger partial charge in [-0.15, -0.1) is 0 Å². The molecule has 0 aliphatic rings. The first-order valence-corrected chi connectivity index (χ1v) is 10.6. The maximum absolute atomic E-state index is 12.8. The van der Waals surface area contributed by atoms with E-state index >= 15 is 0 Å². The predicted octanol–water partition coefficient (Wildman–Crippen LogP) is 3.32. The van der Waals surface area contributed by atoms with Crippen LogP contribution < -0.4 is 9.50 Å². The van der Waals surface area contributed by atoms with Crippen LogP contribution in [0.3, 0.4) is 0 Å². The molecule has 0 aliphatic carbocycles. The highest BCUT2D eigenvalue weighted by atomic mass is 32.2. The van der Waals surface area contributed by atoms with Crippen LogP contribution in [-0.2, 0) is 21.4 Å². The van der Waals surface area contributed by atoms with E-state index in [9.17, 15) is 13.2 Å². The van der Waals surface area contributed by atoms with Crippen molar-refractivity contribution in [2.24, 2.45) is 0 Å². The van der Waals surface area contributed by atoms with Crippen molar-refractivity contribution in [2.75, 3.05) is 31.8 Å². The zero-order valence-electron chi connectivity index (χ0n) is 16.6. The van der Waals surface area contributed by atoms with Crippen LogP contribution in [0.4, 0.5) is 10.5 Å². The summed E-state index contributed by atoms with van der Waals surface area (Å²) in [5.74, 6) is 0.209. The number of rotatable bonds is 8. The molecule has 0 saturated heterocycles. The van der Waals surface area contributed by atoms with Crippen molar-refractivity contribution >= 4 is 21.8 Å². The maximum atomic E-state index is 12.8. The van der Waals surface area contributed by atoms with Crippen molar-refractivity contribution in [1.82, 2.24) is 4.90 Å². The molecule has 0 bridgehead atoms. The molecule has 152 valence electrons. The second-order valence-electron chi connectivity index (χ2n) is 6.58. The van der Waals surface area contributed by atoms with Crippen molar-refractivity contribution < 1.29 is 22.1 Å². The van der Waals surface area contributed by atoms with E-state index in [1.54, 1.807) is 36.3 Å². The molecular weight excluding hydrogens is 380 g/mol. The molecule has 1 N–H and O–H groups in total. The van der Waals surface area contributed by atoms with Gasteiger partial charge in [-0.05, 0) is 54.8 Å². The Morgan fingerprint density at radius 2 is 1.86 bits per heavy atom. The van der Waals surface area contributed by atoms with Crippen molar-refractivity contribution in [3.8, 4) is 5.75 Å². The molecule has 0 fully saturated rings. The van der Waals surface area contributed by atoms with Crippen LogP contribution in [0, 0.1) is 13.8 Å². The van der Waals surface area contributed by atoms with E-state index in [-0.39, 0.29) is 18.3 Å². The average Bonchev–Trinajstić information content (AvgIpc) is 2.60. The molecule has 7 nitrogen and oxygen atoms in total. The molecule has 0 spiro atoms. The summed E-state index contributed by atoms with van der Waals surface area (Å²) in [6.07, 6.45) is 0.988. The molecule has 0 atom stereocenters. The lowest BCUT2D eigenvalue weighted by molar-refractivity contribution is 0.153. The number of benzene rings is 2. The summed E-state index contributed by atoms with van der Waals surface area (Å²) >= 11 is 0.